The number of unbranched alkanes of at least 4 members (excludes halogenated alkanes) is 1. The monoisotopic (exact) mass is 297 g/mol. The quantitative estimate of drug-likeness (QED) is 0.847. The number of fused-ring (bicyclic) bond motifs is 2. The van der Waals surface area contributed by atoms with Gasteiger partial charge in [0.15, 0.2) is 0 Å². The number of hydrogen-bond acceptors (Lipinski definition) is 4. The Balaban J connectivity index is 2.43. The summed E-state index contributed by atoms with van der Waals surface area (Å²) in [5.41, 5.74) is 1.36. The van der Waals surface area contributed by atoms with E-state index in [1.54, 1.807) is 17.0 Å². The van der Waals surface area contributed by atoms with Gasteiger partial charge in [0, 0.05) is 6.54 Å². The summed E-state index contributed by atoms with van der Waals surface area (Å²) in [4.78, 5) is 13.4. The van der Waals surface area contributed by atoms with Gasteiger partial charge in [-0.2, -0.15) is 0 Å². The van der Waals surface area contributed by atoms with Crippen molar-refractivity contribution in [3.8, 4) is 0 Å². The topological polar surface area (TPSA) is 74.7 Å². The highest BCUT2D eigenvalue weighted by atomic mass is 32.2. The number of carbonyl (C=O) groups is 1. The van der Waals surface area contributed by atoms with Gasteiger partial charge in [-0.25, -0.2) is 8.42 Å². The van der Waals surface area contributed by atoms with Gasteiger partial charge in [0.2, 0.25) is 9.84 Å². The molecule has 6 heteroatoms. The minimum atomic E-state index is -3.34. The highest BCUT2D eigenvalue weighted by Gasteiger charge is 2.39. The Morgan fingerprint density at radius 2 is 2.00 bits per heavy atom. The zero-order valence-electron chi connectivity index (χ0n) is 11.7. The molecule has 1 N–H and O–H groups in total. The average molecular weight is 297 g/mol. The Labute approximate surface area is 119 Å². The van der Waals surface area contributed by atoms with Crippen LogP contribution in [0.25, 0.3) is 0 Å². The minimum absolute atomic E-state index is 0.176. The van der Waals surface area contributed by atoms with Crippen molar-refractivity contribution in [1.82, 2.24) is 0 Å². The van der Waals surface area contributed by atoms with Gasteiger partial charge in [-0.1, -0.05) is 20.3 Å². The lowest BCUT2D eigenvalue weighted by molar-refractivity contribution is -0.135. The molecule has 1 aromatic carbocycles. The molecule has 2 bridgehead atoms. The van der Waals surface area contributed by atoms with E-state index in [2.05, 4.69) is 0 Å². The number of hydrogen-bond donors (Lipinski definition) is 1. The Bertz CT molecular complexity index is 637. The second kappa shape index (κ2) is 5.44. The molecule has 0 atom stereocenters. The number of benzene rings is 1. The SMILES string of the molecule is CCCCN(CC(=O)O)c1ccc2c(CC)c1S2(=O)=O. The van der Waals surface area contributed by atoms with Crippen molar-refractivity contribution in [2.75, 3.05) is 18.0 Å². The highest BCUT2D eigenvalue weighted by Crippen LogP contribution is 2.45. The van der Waals surface area contributed by atoms with Crippen LogP contribution in [0, 0.1) is 0 Å². The van der Waals surface area contributed by atoms with Crippen LogP contribution in [0.5, 0.6) is 0 Å². The first-order valence-electron chi connectivity index (χ1n) is 6.81. The van der Waals surface area contributed by atoms with Crippen LogP contribution >= 0.6 is 0 Å². The molecule has 0 aromatic heterocycles. The molecular weight excluding hydrogens is 278 g/mol. The molecule has 0 spiro atoms. The van der Waals surface area contributed by atoms with Crippen LogP contribution < -0.4 is 4.90 Å². The number of anilines is 1. The van der Waals surface area contributed by atoms with E-state index in [1.807, 2.05) is 13.8 Å². The first kappa shape index (κ1) is 14.8. The van der Waals surface area contributed by atoms with Crippen LogP contribution in [-0.2, 0) is 21.1 Å². The normalized spacial score (nSPS) is 14.7. The molecule has 0 saturated heterocycles. The zero-order chi connectivity index (χ0) is 14.9. The number of carboxylic acids is 1. The van der Waals surface area contributed by atoms with Gasteiger partial charge in [-0.3, -0.25) is 4.79 Å². The molecule has 5 nitrogen and oxygen atoms in total. The number of rotatable bonds is 7. The number of aliphatic carboxylic acids is 1. The summed E-state index contributed by atoms with van der Waals surface area (Å²) in [6.07, 6.45) is 2.40. The van der Waals surface area contributed by atoms with E-state index in [1.165, 1.54) is 0 Å². The minimum Gasteiger partial charge on any atom is -0.480 e. The summed E-state index contributed by atoms with van der Waals surface area (Å²) >= 11 is 0. The lowest BCUT2D eigenvalue weighted by Crippen LogP contribution is -2.34. The third-order valence-electron chi connectivity index (χ3n) is 3.56. The van der Waals surface area contributed by atoms with Crippen molar-refractivity contribution in [1.29, 1.82) is 0 Å². The van der Waals surface area contributed by atoms with Gasteiger partial charge in [-0.15, -0.1) is 0 Å². The smallest absolute Gasteiger partial charge is 0.323 e. The number of carboxylic acid groups (broad SMARTS) is 1. The van der Waals surface area contributed by atoms with Crippen LogP contribution in [0.1, 0.15) is 32.3 Å². The largest absolute Gasteiger partial charge is 0.480 e. The fourth-order valence-corrected chi connectivity index (χ4v) is 4.53. The second-order valence-corrected chi connectivity index (χ2v) is 6.77. The van der Waals surface area contributed by atoms with E-state index in [-0.39, 0.29) is 6.54 Å². The highest BCUT2D eigenvalue weighted by molar-refractivity contribution is 7.93. The summed E-state index contributed by atoms with van der Waals surface area (Å²) in [6.45, 7) is 4.30. The van der Waals surface area contributed by atoms with E-state index >= 15 is 0 Å². The molecule has 0 fully saturated rings. The Kier molecular flexibility index (Phi) is 4.04. The molecule has 20 heavy (non-hydrogen) atoms. The summed E-state index contributed by atoms with van der Waals surface area (Å²) in [6, 6.07) is 3.32. The molecule has 3 rings (SSSR count). The van der Waals surface area contributed by atoms with Crippen LogP contribution in [0.4, 0.5) is 5.69 Å². The second-order valence-electron chi connectivity index (χ2n) is 4.92. The number of nitrogens with zero attached hydrogens (tertiary/aromatic N) is 1. The van der Waals surface area contributed by atoms with Crippen molar-refractivity contribution in [2.24, 2.45) is 0 Å². The van der Waals surface area contributed by atoms with Crippen LogP contribution in [-0.4, -0.2) is 32.6 Å². The molecule has 2 aliphatic heterocycles. The molecule has 0 amide bonds. The van der Waals surface area contributed by atoms with E-state index < -0.39 is 15.8 Å². The van der Waals surface area contributed by atoms with E-state index in [0.29, 0.717) is 28.4 Å². The van der Waals surface area contributed by atoms with E-state index in [4.69, 9.17) is 5.11 Å². The van der Waals surface area contributed by atoms with Crippen molar-refractivity contribution in [3.63, 3.8) is 0 Å². The predicted octanol–water partition coefficient (Wildman–Crippen LogP) is 2.09. The van der Waals surface area contributed by atoms with E-state index in [0.717, 1.165) is 18.4 Å². The third kappa shape index (κ3) is 2.28. The summed E-state index contributed by atoms with van der Waals surface area (Å²) < 4.78 is 24.3. The predicted molar refractivity (Wildman–Crippen MR) is 76.0 cm³/mol. The first-order chi connectivity index (χ1) is 9.43. The average Bonchev–Trinajstić information content (AvgIpc) is 2.41. The fraction of sp³-hybridized carbons (Fsp3) is 0.500. The van der Waals surface area contributed by atoms with Gasteiger partial charge < -0.3 is 10.0 Å². The van der Waals surface area contributed by atoms with Gasteiger partial charge in [0.05, 0.1) is 15.5 Å². The molecular formula is C14H19NO4S. The maximum atomic E-state index is 12.1. The zero-order valence-corrected chi connectivity index (χ0v) is 12.5. The molecule has 0 saturated carbocycles. The van der Waals surface area contributed by atoms with Crippen LogP contribution in [0.3, 0.4) is 0 Å². The van der Waals surface area contributed by atoms with Gasteiger partial charge in [0.1, 0.15) is 6.54 Å². The number of aryl methyl sites for hydroxylation is 1. The number of sulfone groups is 1. The van der Waals surface area contributed by atoms with Gasteiger partial charge in [-0.05, 0) is 30.5 Å². The Morgan fingerprint density at radius 1 is 1.30 bits per heavy atom. The van der Waals surface area contributed by atoms with Crippen LogP contribution in [0.2, 0.25) is 0 Å². The maximum Gasteiger partial charge on any atom is 0.323 e. The molecule has 2 aliphatic rings. The maximum absolute atomic E-state index is 12.1. The Morgan fingerprint density at radius 3 is 2.50 bits per heavy atom. The van der Waals surface area contributed by atoms with Crippen LogP contribution in [0.15, 0.2) is 21.9 Å². The van der Waals surface area contributed by atoms with E-state index in [9.17, 15) is 13.2 Å². The Hall–Kier alpha value is -1.56. The van der Waals surface area contributed by atoms with Gasteiger partial charge in [0.25, 0.3) is 0 Å². The lowest BCUT2D eigenvalue weighted by Gasteiger charge is -2.32. The van der Waals surface area contributed by atoms with Crippen molar-refractivity contribution >= 4 is 21.5 Å². The molecule has 2 heterocycles. The van der Waals surface area contributed by atoms with Crippen molar-refractivity contribution in [3.05, 3.63) is 17.7 Å². The van der Waals surface area contributed by atoms with Crippen molar-refractivity contribution in [2.45, 2.75) is 42.9 Å². The standard InChI is InChI=1S/C14H19NO4S/c1-3-5-8-15(9-13(16)17)11-6-7-12-10(4-2)14(11)20(12,18)19/h6-7H,3-5,8-9H2,1-2H3,(H,16,17). The summed E-state index contributed by atoms with van der Waals surface area (Å²) in [5, 5.41) is 9.02. The fourth-order valence-electron chi connectivity index (χ4n) is 2.59. The molecule has 0 radical (unpaired) electrons. The van der Waals surface area contributed by atoms with Crippen molar-refractivity contribution < 1.29 is 18.3 Å². The van der Waals surface area contributed by atoms with Gasteiger partial charge >= 0.3 is 5.97 Å². The molecule has 0 aliphatic carbocycles. The lowest BCUT2D eigenvalue weighted by atomic mass is 10.1. The summed E-state index contributed by atoms with van der Waals surface area (Å²) in [5.74, 6) is -0.952. The molecule has 110 valence electrons. The first-order valence-corrected chi connectivity index (χ1v) is 8.29. The molecule has 0 unspecified atom stereocenters. The summed E-state index contributed by atoms with van der Waals surface area (Å²) in [7, 11) is -3.34. The third-order valence-corrected chi connectivity index (χ3v) is 5.51. The molecule has 1 aromatic rings.